The fraction of sp³-hybridized carbons (Fsp3) is 0.381. The molecule has 1 aliphatic carbocycles. The first-order valence-electron chi connectivity index (χ1n) is 9.28. The molecular weight excluding hydrogens is 324 g/mol. The first-order chi connectivity index (χ1) is 12.7. The Hall–Kier alpha value is -2.69. The highest BCUT2D eigenvalue weighted by molar-refractivity contribution is 5.93. The maximum atomic E-state index is 12.2. The van der Waals surface area contributed by atoms with Crippen LogP contribution in [0.5, 0.6) is 0 Å². The molecule has 2 N–H and O–H groups in total. The molecule has 0 radical (unpaired) electrons. The molecule has 0 atom stereocenters. The van der Waals surface area contributed by atoms with Crippen molar-refractivity contribution in [2.45, 2.75) is 45.6 Å². The third-order valence-electron chi connectivity index (χ3n) is 4.60. The highest BCUT2D eigenvalue weighted by Gasteiger charge is 2.08. The molecule has 1 aromatic heterocycles. The van der Waals surface area contributed by atoms with Crippen molar-refractivity contribution in [3.05, 3.63) is 65.0 Å². The van der Waals surface area contributed by atoms with E-state index in [1.165, 1.54) is 36.8 Å². The van der Waals surface area contributed by atoms with E-state index >= 15 is 0 Å². The summed E-state index contributed by atoms with van der Waals surface area (Å²) in [6.45, 7) is 3.36. The quantitative estimate of drug-likeness (QED) is 0.740. The van der Waals surface area contributed by atoms with Gasteiger partial charge in [-0.05, 0) is 44.6 Å². The zero-order chi connectivity index (χ0) is 18.2. The second kappa shape index (κ2) is 9.13. The summed E-state index contributed by atoms with van der Waals surface area (Å²) in [7, 11) is 0. The van der Waals surface area contributed by atoms with Crippen LogP contribution in [0.25, 0.3) is 0 Å². The predicted octanol–water partition coefficient (Wildman–Crippen LogP) is 4.02. The zero-order valence-electron chi connectivity index (χ0n) is 15.3. The summed E-state index contributed by atoms with van der Waals surface area (Å²) in [6.07, 6.45) is 11.6. The highest BCUT2D eigenvalue weighted by Crippen LogP contribution is 2.19. The molecule has 0 aliphatic heterocycles. The Balaban J connectivity index is 1.44. The molecule has 0 unspecified atom stereocenters. The first kappa shape index (κ1) is 18.1. The van der Waals surface area contributed by atoms with Crippen LogP contribution in [0.15, 0.2) is 48.3 Å². The molecule has 26 heavy (non-hydrogen) atoms. The number of nitrogens with one attached hydrogen (secondary N) is 2. The Kier molecular flexibility index (Phi) is 6.36. The number of aromatic nitrogens is 2. The lowest BCUT2D eigenvalue weighted by molar-refractivity contribution is 0.0950. The van der Waals surface area contributed by atoms with Crippen molar-refractivity contribution in [2.75, 3.05) is 11.9 Å². The van der Waals surface area contributed by atoms with Gasteiger partial charge in [-0.2, -0.15) is 0 Å². The summed E-state index contributed by atoms with van der Waals surface area (Å²) in [5.41, 5.74) is 4.27. The summed E-state index contributed by atoms with van der Waals surface area (Å²) < 4.78 is 0. The van der Waals surface area contributed by atoms with Crippen LogP contribution in [-0.2, 0) is 6.54 Å². The molecule has 5 nitrogen and oxygen atoms in total. The van der Waals surface area contributed by atoms with Crippen molar-refractivity contribution in [1.29, 1.82) is 0 Å². The van der Waals surface area contributed by atoms with Gasteiger partial charge in [-0.3, -0.25) is 4.79 Å². The standard InChI is InChI=1S/C21H26N4O/c1-16-7-9-18(10-8-16)13-23-20(26)19-14-24-21(25-15-19)22-12-11-17-5-3-2-4-6-17/h5,7-10,14-15H,2-4,6,11-13H2,1H3,(H,23,26)(H,22,24,25). The monoisotopic (exact) mass is 350 g/mol. The second-order valence-electron chi connectivity index (χ2n) is 6.75. The summed E-state index contributed by atoms with van der Waals surface area (Å²) in [5.74, 6) is 0.404. The van der Waals surface area contributed by atoms with Gasteiger partial charge in [-0.15, -0.1) is 0 Å². The molecule has 0 saturated heterocycles. The van der Waals surface area contributed by atoms with E-state index in [1.807, 2.05) is 31.2 Å². The summed E-state index contributed by atoms with van der Waals surface area (Å²) in [6, 6.07) is 8.10. The van der Waals surface area contributed by atoms with Crippen LogP contribution in [0, 0.1) is 6.92 Å². The van der Waals surface area contributed by atoms with Gasteiger partial charge in [-0.1, -0.05) is 41.5 Å². The van der Waals surface area contributed by atoms with Gasteiger partial charge in [0, 0.05) is 25.5 Å². The molecule has 0 spiro atoms. The van der Waals surface area contributed by atoms with E-state index in [0.717, 1.165) is 18.5 Å². The Morgan fingerprint density at radius 3 is 2.58 bits per heavy atom. The van der Waals surface area contributed by atoms with Crippen molar-refractivity contribution in [3.8, 4) is 0 Å². The van der Waals surface area contributed by atoms with E-state index in [-0.39, 0.29) is 5.91 Å². The predicted molar refractivity (Wildman–Crippen MR) is 104 cm³/mol. The van der Waals surface area contributed by atoms with E-state index in [2.05, 4.69) is 26.7 Å². The van der Waals surface area contributed by atoms with Crippen LogP contribution in [0.1, 0.15) is 53.6 Å². The molecule has 1 heterocycles. The van der Waals surface area contributed by atoms with E-state index in [9.17, 15) is 4.79 Å². The lowest BCUT2D eigenvalue weighted by atomic mass is 9.97. The van der Waals surface area contributed by atoms with Gasteiger partial charge in [-0.25, -0.2) is 9.97 Å². The van der Waals surface area contributed by atoms with Crippen LogP contribution in [0.2, 0.25) is 0 Å². The van der Waals surface area contributed by atoms with Crippen molar-refractivity contribution < 1.29 is 4.79 Å². The Bertz CT molecular complexity index is 751. The van der Waals surface area contributed by atoms with Crippen LogP contribution in [0.3, 0.4) is 0 Å². The number of benzene rings is 1. The average Bonchev–Trinajstić information content (AvgIpc) is 2.69. The Morgan fingerprint density at radius 2 is 1.88 bits per heavy atom. The number of aryl methyl sites for hydroxylation is 1. The van der Waals surface area contributed by atoms with Crippen molar-refractivity contribution in [3.63, 3.8) is 0 Å². The minimum Gasteiger partial charge on any atom is -0.354 e. The number of anilines is 1. The minimum atomic E-state index is -0.163. The fourth-order valence-electron chi connectivity index (χ4n) is 2.99. The average molecular weight is 350 g/mol. The molecule has 0 bridgehead atoms. The van der Waals surface area contributed by atoms with Gasteiger partial charge >= 0.3 is 0 Å². The number of nitrogens with zero attached hydrogens (tertiary/aromatic N) is 2. The first-order valence-corrected chi connectivity index (χ1v) is 9.28. The molecule has 3 rings (SSSR count). The zero-order valence-corrected chi connectivity index (χ0v) is 15.3. The van der Waals surface area contributed by atoms with Gasteiger partial charge in [0.05, 0.1) is 5.56 Å². The van der Waals surface area contributed by atoms with E-state index in [0.29, 0.717) is 18.1 Å². The third-order valence-corrected chi connectivity index (χ3v) is 4.60. The SMILES string of the molecule is Cc1ccc(CNC(=O)c2cnc(NCCC3=CCCCC3)nc2)cc1. The lowest BCUT2D eigenvalue weighted by Crippen LogP contribution is -2.23. The van der Waals surface area contributed by atoms with Gasteiger partial charge in [0.15, 0.2) is 0 Å². The summed E-state index contributed by atoms with van der Waals surface area (Å²) in [4.78, 5) is 20.7. The molecule has 0 saturated carbocycles. The minimum absolute atomic E-state index is 0.163. The number of amides is 1. The van der Waals surface area contributed by atoms with Crippen LogP contribution in [0.4, 0.5) is 5.95 Å². The number of hydrogen-bond donors (Lipinski definition) is 2. The number of hydrogen-bond acceptors (Lipinski definition) is 4. The largest absolute Gasteiger partial charge is 0.354 e. The van der Waals surface area contributed by atoms with Gasteiger partial charge in [0.2, 0.25) is 5.95 Å². The molecular formula is C21H26N4O. The van der Waals surface area contributed by atoms with Crippen molar-refractivity contribution >= 4 is 11.9 Å². The van der Waals surface area contributed by atoms with Gasteiger partial charge in [0.1, 0.15) is 0 Å². The maximum absolute atomic E-state index is 12.2. The van der Waals surface area contributed by atoms with Crippen LogP contribution in [-0.4, -0.2) is 22.4 Å². The maximum Gasteiger partial charge on any atom is 0.254 e. The van der Waals surface area contributed by atoms with Crippen molar-refractivity contribution in [1.82, 2.24) is 15.3 Å². The van der Waals surface area contributed by atoms with E-state index in [4.69, 9.17) is 0 Å². The lowest BCUT2D eigenvalue weighted by Gasteiger charge is -2.12. The number of rotatable bonds is 7. The fourth-order valence-corrected chi connectivity index (χ4v) is 2.99. The molecule has 1 aliphatic rings. The highest BCUT2D eigenvalue weighted by atomic mass is 16.1. The molecule has 0 fully saturated rings. The number of carbonyl (C=O) groups is 1. The summed E-state index contributed by atoms with van der Waals surface area (Å²) in [5, 5.41) is 6.12. The number of allylic oxidation sites excluding steroid dienone is 1. The van der Waals surface area contributed by atoms with Gasteiger partial charge < -0.3 is 10.6 Å². The number of carbonyl (C=O) groups excluding carboxylic acids is 1. The Labute approximate surface area is 155 Å². The molecule has 1 aromatic carbocycles. The van der Waals surface area contributed by atoms with Crippen LogP contribution >= 0.6 is 0 Å². The molecule has 136 valence electrons. The van der Waals surface area contributed by atoms with Crippen LogP contribution < -0.4 is 10.6 Å². The van der Waals surface area contributed by atoms with E-state index < -0.39 is 0 Å². The summed E-state index contributed by atoms with van der Waals surface area (Å²) >= 11 is 0. The topological polar surface area (TPSA) is 66.9 Å². The van der Waals surface area contributed by atoms with Crippen molar-refractivity contribution in [2.24, 2.45) is 0 Å². The normalized spacial score (nSPS) is 13.8. The third kappa shape index (κ3) is 5.41. The smallest absolute Gasteiger partial charge is 0.254 e. The molecule has 2 aromatic rings. The van der Waals surface area contributed by atoms with Gasteiger partial charge in [0.25, 0.3) is 5.91 Å². The second-order valence-corrected chi connectivity index (χ2v) is 6.75. The molecule has 1 amide bonds. The molecule has 5 heteroatoms. The Morgan fingerprint density at radius 1 is 1.12 bits per heavy atom. The van der Waals surface area contributed by atoms with E-state index in [1.54, 1.807) is 12.4 Å².